The zero-order valence-corrected chi connectivity index (χ0v) is 15.1. The van der Waals surface area contributed by atoms with Crippen LogP contribution in [-0.2, 0) is 11.3 Å². The van der Waals surface area contributed by atoms with Crippen molar-refractivity contribution in [3.63, 3.8) is 0 Å². The van der Waals surface area contributed by atoms with E-state index in [2.05, 4.69) is 59.2 Å². The molecule has 0 atom stereocenters. The van der Waals surface area contributed by atoms with Gasteiger partial charge >= 0.3 is 0 Å². The molecule has 0 radical (unpaired) electrons. The molecule has 1 saturated heterocycles. The van der Waals surface area contributed by atoms with Crippen LogP contribution in [0, 0.1) is 0 Å². The summed E-state index contributed by atoms with van der Waals surface area (Å²) in [6, 6.07) is 21.1. The maximum absolute atomic E-state index is 12.7. The van der Waals surface area contributed by atoms with E-state index in [9.17, 15) is 4.79 Å². The summed E-state index contributed by atoms with van der Waals surface area (Å²) < 4.78 is 0. The van der Waals surface area contributed by atoms with Gasteiger partial charge in [-0.3, -0.25) is 9.69 Å². The van der Waals surface area contributed by atoms with Gasteiger partial charge in [0.05, 0.1) is 0 Å². The van der Waals surface area contributed by atoms with Gasteiger partial charge in [-0.2, -0.15) is 0 Å². The first-order valence-electron chi connectivity index (χ1n) is 9.41. The largest absolute Gasteiger partial charge is 0.309 e. The number of hydrogen-bond donors (Lipinski definition) is 0. The Morgan fingerprint density at radius 1 is 1.00 bits per heavy atom. The SMILES string of the molecule is CCCC(=O)N(c1ccccc1)C1CCN(Cc2ccccc2)CC1. The number of carbonyl (C=O) groups excluding carboxylic acids is 1. The summed E-state index contributed by atoms with van der Waals surface area (Å²) in [7, 11) is 0. The third-order valence-corrected chi connectivity index (χ3v) is 4.94. The molecule has 132 valence electrons. The second-order valence-electron chi connectivity index (χ2n) is 6.84. The number of amides is 1. The van der Waals surface area contributed by atoms with Gasteiger partial charge in [0.25, 0.3) is 0 Å². The Morgan fingerprint density at radius 2 is 1.60 bits per heavy atom. The quantitative estimate of drug-likeness (QED) is 0.776. The second-order valence-corrected chi connectivity index (χ2v) is 6.84. The fraction of sp³-hybridized carbons (Fsp3) is 0.409. The van der Waals surface area contributed by atoms with Gasteiger partial charge in [-0.05, 0) is 37.0 Å². The molecule has 1 heterocycles. The van der Waals surface area contributed by atoms with E-state index in [-0.39, 0.29) is 5.91 Å². The highest BCUT2D eigenvalue weighted by Gasteiger charge is 2.28. The van der Waals surface area contributed by atoms with Gasteiger partial charge < -0.3 is 4.90 Å². The molecule has 2 aromatic carbocycles. The number of nitrogens with zero attached hydrogens (tertiary/aromatic N) is 2. The number of benzene rings is 2. The van der Waals surface area contributed by atoms with Crippen LogP contribution < -0.4 is 4.90 Å². The monoisotopic (exact) mass is 336 g/mol. The van der Waals surface area contributed by atoms with Gasteiger partial charge in [-0.25, -0.2) is 0 Å². The van der Waals surface area contributed by atoms with Gasteiger partial charge in [0, 0.05) is 37.8 Å². The van der Waals surface area contributed by atoms with Crippen LogP contribution in [0.25, 0.3) is 0 Å². The molecule has 3 nitrogen and oxygen atoms in total. The van der Waals surface area contributed by atoms with Gasteiger partial charge in [0.2, 0.25) is 5.91 Å². The zero-order chi connectivity index (χ0) is 17.5. The Labute approximate surface area is 151 Å². The van der Waals surface area contributed by atoms with Crippen molar-refractivity contribution < 1.29 is 4.79 Å². The van der Waals surface area contributed by atoms with Crippen molar-refractivity contribution in [2.45, 2.75) is 45.2 Å². The normalized spacial score (nSPS) is 15.9. The summed E-state index contributed by atoms with van der Waals surface area (Å²) >= 11 is 0. The van der Waals surface area contributed by atoms with Crippen LogP contribution in [0.2, 0.25) is 0 Å². The summed E-state index contributed by atoms with van der Waals surface area (Å²) in [5.41, 5.74) is 2.41. The molecule has 0 unspecified atom stereocenters. The first-order chi connectivity index (χ1) is 12.3. The van der Waals surface area contributed by atoms with E-state index in [1.807, 2.05) is 18.2 Å². The molecule has 3 rings (SSSR count). The minimum atomic E-state index is 0.259. The van der Waals surface area contributed by atoms with E-state index in [0.717, 1.165) is 44.6 Å². The molecule has 0 N–H and O–H groups in total. The van der Waals surface area contributed by atoms with E-state index < -0.39 is 0 Å². The third kappa shape index (κ3) is 4.70. The van der Waals surface area contributed by atoms with Crippen LogP contribution in [0.5, 0.6) is 0 Å². The highest BCUT2D eigenvalue weighted by atomic mass is 16.2. The number of hydrogen-bond acceptors (Lipinski definition) is 2. The maximum Gasteiger partial charge on any atom is 0.227 e. The first-order valence-corrected chi connectivity index (χ1v) is 9.41. The molecule has 0 saturated carbocycles. The van der Waals surface area contributed by atoms with Gasteiger partial charge in [-0.1, -0.05) is 55.5 Å². The molecule has 0 spiro atoms. The van der Waals surface area contributed by atoms with Crippen molar-refractivity contribution in [1.29, 1.82) is 0 Å². The lowest BCUT2D eigenvalue weighted by atomic mass is 10.0. The van der Waals surface area contributed by atoms with Gasteiger partial charge in [0.15, 0.2) is 0 Å². The Hall–Kier alpha value is -2.13. The lowest BCUT2D eigenvalue weighted by Crippen LogP contribution is -2.47. The first kappa shape index (κ1) is 17.7. The predicted octanol–water partition coefficient (Wildman–Crippen LogP) is 4.48. The molecular weight excluding hydrogens is 308 g/mol. The van der Waals surface area contributed by atoms with Crippen molar-refractivity contribution >= 4 is 11.6 Å². The molecule has 1 aliphatic heterocycles. The molecule has 25 heavy (non-hydrogen) atoms. The van der Waals surface area contributed by atoms with Crippen molar-refractivity contribution in [1.82, 2.24) is 4.90 Å². The van der Waals surface area contributed by atoms with Crippen LogP contribution in [-0.4, -0.2) is 29.9 Å². The molecule has 2 aromatic rings. The number of likely N-dealkylation sites (tertiary alicyclic amines) is 1. The topological polar surface area (TPSA) is 23.6 Å². The zero-order valence-electron chi connectivity index (χ0n) is 15.1. The van der Waals surface area contributed by atoms with E-state index in [4.69, 9.17) is 0 Å². The molecule has 0 aromatic heterocycles. The molecule has 0 bridgehead atoms. The summed E-state index contributed by atoms with van der Waals surface area (Å²) in [5.74, 6) is 0.259. The van der Waals surface area contributed by atoms with Gasteiger partial charge in [-0.15, -0.1) is 0 Å². The molecule has 3 heteroatoms. The van der Waals surface area contributed by atoms with Gasteiger partial charge in [0.1, 0.15) is 0 Å². The van der Waals surface area contributed by atoms with E-state index in [0.29, 0.717) is 12.5 Å². The lowest BCUT2D eigenvalue weighted by Gasteiger charge is -2.38. The predicted molar refractivity (Wildman–Crippen MR) is 104 cm³/mol. The summed E-state index contributed by atoms with van der Waals surface area (Å²) in [6.45, 7) is 5.16. The number of anilines is 1. The van der Waals surface area contributed by atoms with Crippen LogP contribution >= 0.6 is 0 Å². The summed E-state index contributed by atoms with van der Waals surface area (Å²) in [6.07, 6.45) is 3.60. The molecular formula is C22H28N2O. The number of piperidine rings is 1. The van der Waals surface area contributed by atoms with E-state index >= 15 is 0 Å². The number of para-hydroxylation sites is 1. The average Bonchev–Trinajstić information content (AvgIpc) is 2.65. The van der Waals surface area contributed by atoms with Crippen molar-refractivity contribution in [2.75, 3.05) is 18.0 Å². The van der Waals surface area contributed by atoms with Crippen molar-refractivity contribution in [3.8, 4) is 0 Å². The minimum Gasteiger partial charge on any atom is -0.309 e. The highest BCUT2D eigenvalue weighted by molar-refractivity contribution is 5.93. The van der Waals surface area contributed by atoms with Crippen molar-refractivity contribution in [3.05, 3.63) is 66.2 Å². The maximum atomic E-state index is 12.7. The third-order valence-electron chi connectivity index (χ3n) is 4.94. The fourth-order valence-electron chi connectivity index (χ4n) is 3.66. The van der Waals surface area contributed by atoms with Crippen molar-refractivity contribution in [2.24, 2.45) is 0 Å². The second kappa shape index (κ2) is 8.82. The molecule has 1 aliphatic rings. The smallest absolute Gasteiger partial charge is 0.227 e. The van der Waals surface area contributed by atoms with E-state index in [1.54, 1.807) is 0 Å². The Balaban J connectivity index is 1.64. The Morgan fingerprint density at radius 3 is 2.20 bits per heavy atom. The molecule has 1 amide bonds. The summed E-state index contributed by atoms with van der Waals surface area (Å²) in [5, 5.41) is 0. The average molecular weight is 336 g/mol. The fourth-order valence-corrected chi connectivity index (χ4v) is 3.66. The highest BCUT2D eigenvalue weighted by Crippen LogP contribution is 2.25. The summed E-state index contributed by atoms with van der Waals surface area (Å²) in [4.78, 5) is 17.3. The van der Waals surface area contributed by atoms with Crippen LogP contribution in [0.3, 0.4) is 0 Å². The molecule has 0 aliphatic carbocycles. The Bertz CT molecular complexity index is 648. The van der Waals surface area contributed by atoms with Crippen LogP contribution in [0.4, 0.5) is 5.69 Å². The number of rotatable bonds is 6. The molecule has 1 fully saturated rings. The van der Waals surface area contributed by atoms with E-state index in [1.165, 1.54) is 5.56 Å². The lowest BCUT2D eigenvalue weighted by molar-refractivity contribution is -0.119. The standard InChI is InChI=1S/C22H28N2O/c1-2-9-22(25)24(20-12-7-4-8-13-20)21-14-16-23(17-15-21)18-19-10-5-3-6-11-19/h3-8,10-13,21H,2,9,14-18H2,1H3. The Kier molecular flexibility index (Phi) is 6.24. The van der Waals surface area contributed by atoms with Crippen LogP contribution in [0.1, 0.15) is 38.2 Å². The minimum absolute atomic E-state index is 0.259. The van der Waals surface area contributed by atoms with Crippen LogP contribution in [0.15, 0.2) is 60.7 Å². The number of carbonyl (C=O) groups is 1.